The van der Waals surface area contributed by atoms with E-state index in [9.17, 15) is 8.42 Å². The van der Waals surface area contributed by atoms with E-state index in [0.717, 1.165) is 5.56 Å². The molecule has 6 nitrogen and oxygen atoms in total. The van der Waals surface area contributed by atoms with E-state index in [1.54, 1.807) is 0 Å². The van der Waals surface area contributed by atoms with E-state index < -0.39 is 10.0 Å². The molecule has 102 valence electrons. The van der Waals surface area contributed by atoms with Gasteiger partial charge in [0, 0.05) is 19.3 Å². The van der Waals surface area contributed by atoms with E-state index in [2.05, 4.69) is 10.2 Å². The van der Waals surface area contributed by atoms with Crippen LogP contribution in [0.5, 0.6) is 0 Å². The molecular weight excluding hydrogens is 266 g/mol. The predicted molar refractivity (Wildman–Crippen MR) is 69.7 cm³/mol. The van der Waals surface area contributed by atoms with E-state index in [-0.39, 0.29) is 24.6 Å². The van der Waals surface area contributed by atoms with Crippen LogP contribution in [0.4, 0.5) is 0 Å². The maximum atomic E-state index is 12.3. The number of aromatic amines is 1. The van der Waals surface area contributed by atoms with E-state index in [0.29, 0.717) is 0 Å². The Morgan fingerprint density at radius 1 is 1.26 bits per heavy atom. The van der Waals surface area contributed by atoms with Crippen molar-refractivity contribution in [1.82, 2.24) is 14.5 Å². The number of nitrogens with one attached hydrogen (secondary N) is 1. The van der Waals surface area contributed by atoms with Crippen molar-refractivity contribution < 1.29 is 13.5 Å². The number of aliphatic hydroxyl groups is 1. The fraction of sp³-hybridized carbons (Fsp3) is 0.250. The monoisotopic (exact) mass is 281 g/mol. The smallest absolute Gasteiger partial charge is 0.246 e. The predicted octanol–water partition coefficient (Wildman–Crippen LogP) is 0.593. The second kappa shape index (κ2) is 5.96. The largest absolute Gasteiger partial charge is 0.395 e. The maximum Gasteiger partial charge on any atom is 0.246 e. The Morgan fingerprint density at radius 3 is 2.58 bits per heavy atom. The van der Waals surface area contributed by atoms with Gasteiger partial charge in [0.1, 0.15) is 4.90 Å². The number of rotatable bonds is 6. The highest BCUT2D eigenvalue weighted by molar-refractivity contribution is 7.89. The molecule has 0 saturated carbocycles. The van der Waals surface area contributed by atoms with Crippen LogP contribution in [0.25, 0.3) is 0 Å². The van der Waals surface area contributed by atoms with Crippen LogP contribution in [0.3, 0.4) is 0 Å². The van der Waals surface area contributed by atoms with Crippen LogP contribution in [-0.4, -0.2) is 41.2 Å². The van der Waals surface area contributed by atoms with Gasteiger partial charge in [-0.15, -0.1) is 0 Å². The standard InChI is InChI=1S/C12H15N3O3S/c16-7-6-15(10-11-4-2-1-3-5-11)19(17,18)12-8-13-14-9-12/h1-5,8-9,16H,6-7,10H2,(H,13,14). The van der Waals surface area contributed by atoms with Gasteiger partial charge in [-0.1, -0.05) is 30.3 Å². The second-order valence-electron chi connectivity index (χ2n) is 3.98. The molecular formula is C12H15N3O3S. The van der Waals surface area contributed by atoms with E-state index in [1.807, 2.05) is 30.3 Å². The topological polar surface area (TPSA) is 86.3 Å². The van der Waals surface area contributed by atoms with Crippen molar-refractivity contribution in [3.8, 4) is 0 Å². The van der Waals surface area contributed by atoms with Gasteiger partial charge < -0.3 is 5.11 Å². The van der Waals surface area contributed by atoms with Gasteiger partial charge >= 0.3 is 0 Å². The number of nitrogens with zero attached hydrogens (tertiary/aromatic N) is 2. The molecule has 0 bridgehead atoms. The molecule has 7 heteroatoms. The summed E-state index contributed by atoms with van der Waals surface area (Å²) in [6.45, 7) is 0.0290. The van der Waals surface area contributed by atoms with Crippen LogP contribution >= 0.6 is 0 Å². The van der Waals surface area contributed by atoms with Gasteiger partial charge in [0.2, 0.25) is 10.0 Å². The highest BCUT2D eigenvalue weighted by Gasteiger charge is 2.24. The zero-order chi connectivity index (χ0) is 13.7. The van der Waals surface area contributed by atoms with E-state index in [4.69, 9.17) is 5.11 Å². The number of sulfonamides is 1. The minimum Gasteiger partial charge on any atom is -0.395 e. The average molecular weight is 281 g/mol. The molecule has 0 atom stereocenters. The molecule has 2 aromatic rings. The molecule has 2 rings (SSSR count). The minimum absolute atomic E-state index is 0.0441. The van der Waals surface area contributed by atoms with Crippen LogP contribution in [0, 0.1) is 0 Å². The van der Waals surface area contributed by atoms with Crippen molar-refractivity contribution >= 4 is 10.0 Å². The fourth-order valence-corrected chi connectivity index (χ4v) is 3.04. The molecule has 0 unspecified atom stereocenters. The van der Waals surface area contributed by atoms with Gasteiger partial charge in [0.05, 0.1) is 12.8 Å². The van der Waals surface area contributed by atoms with Gasteiger partial charge in [-0.2, -0.15) is 9.40 Å². The van der Waals surface area contributed by atoms with Gasteiger partial charge in [-0.25, -0.2) is 8.42 Å². The molecule has 0 amide bonds. The summed E-state index contributed by atoms with van der Waals surface area (Å²) < 4.78 is 25.9. The maximum absolute atomic E-state index is 12.3. The molecule has 1 aromatic carbocycles. The van der Waals surface area contributed by atoms with E-state index >= 15 is 0 Å². The van der Waals surface area contributed by atoms with Crippen molar-refractivity contribution in [2.24, 2.45) is 0 Å². The summed E-state index contributed by atoms with van der Waals surface area (Å²) in [5.41, 5.74) is 0.864. The fourth-order valence-electron chi connectivity index (χ4n) is 1.71. The molecule has 0 spiro atoms. The van der Waals surface area contributed by atoms with Crippen LogP contribution in [0.2, 0.25) is 0 Å². The van der Waals surface area contributed by atoms with Crippen molar-refractivity contribution in [2.75, 3.05) is 13.2 Å². The molecule has 2 N–H and O–H groups in total. The number of hydrogen-bond acceptors (Lipinski definition) is 4. The average Bonchev–Trinajstić information content (AvgIpc) is 2.94. The Hall–Kier alpha value is -1.70. The highest BCUT2D eigenvalue weighted by atomic mass is 32.2. The third kappa shape index (κ3) is 3.19. The molecule has 1 heterocycles. The first kappa shape index (κ1) is 13.7. The Balaban J connectivity index is 2.26. The first-order valence-electron chi connectivity index (χ1n) is 5.78. The Kier molecular flexibility index (Phi) is 4.31. The zero-order valence-electron chi connectivity index (χ0n) is 10.2. The van der Waals surface area contributed by atoms with Gasteiger partial charge in [0.25, 0.3) is 0 Å². The molecule has 19 heavy (non-hydrogen) atoms. The third-order valence-corrected chi connectivity index (χ3v) is 4.47. The summed E-state index contributed by atoms with van der Waals surface area (Å²) in [7, 11) is -3.64. The summed E-state index contributed by atoms with van der Waals surface area (Å²) in [5.74, 6) is 0. The molecule has 0 fully saturated rings. The van der Waals surface area contributed by atoms with Crippen molar-refractivity contribution in [2.45, 2.75) is 11.4 Å². The lowest BCUT2D eigenvalue weighted by Gasteiger charge is -2.20. The van der Waals surface area contributed by atoms with E-state index in [1.165, 1.54) is 16.7 Å². The van der Waals surface area contributed by atoms with Crippen LogP contribution in [-0.2, 0) is 16.6 Å². The third-order valence-electron chi connectivity index (χ3n) is 2.66. The lowest BCUT2D eigenvalue weighted by Crippen LogP contribution is -2.33. The van der Waals surface area contributed by atoms with Crippen molar-refractivity contribution in [3.63, 3.8) is 0 Å². The lowest BCUT2D eigenvalue weighted by molar-refractivity contribution is 0.251. The summed E-state index contributed by atoms with van der Waals surface area (Å²) in [5, 5.41) is 15.2. The first-order chi connectivity index (χ1) is 9.14. The Bertz CT molecular complexity index is 596. The summed E-state index contributed by atoms with van der Waals surface area (Å²) >= 11 is 0. The highest BCUT2D eigenvalue weighted by Crippen LogP contribution is 2.16. The first-order valence-corrected chi connectivity index (χ1v) is 7.22. The second-order valence-corrected chi connectivity index (χ2v) is 5.92. The van der Waals surface area contributed by atoms with Crippen molar-refractivity contribution in [3.05, 3.63) is 48.3 Å². The number of benzene rings is 1. The van der Waals surface area contributed by atoms with Gasteiger partial charge in [-0.05, 0) is 5.56 Å². The summed E-state index contributed by atoms with van der Waals surface area (Å²) in [6.07, 6.45) is 2.58. The quantitative estimate of drug-likeness (QED) is 0.811. The lowest BCUT2D eigenvalue weighted by atomic mass is 10.2. The molecule has 1 aromatic heterocycles. The SMILES string of the molecule is O=S(=O)(c1cn[nH]c1)N(CCO)Cc1ccccc1. The zero-order valence-corrected chi connectivity index (χ0v) is 11.0. The Labute approximate surface area is 111 Å². The molecule has 0 aliphatic carbocycles. The van der Waals surface area contributed by atoms with Crippen LogP contribution in [0.15, 0.2) is 47.6 Å². The number of aliphatic hydroxyl groups excluding tert-OH is 1. The summed E-state index contributed by atoms with van der Waals surface area (Å²) in [6, 6.07) is 9.24. The normalized spacial score (nSPS) is 11.9. The van der Waals surface area contributed by atoms with Crippen molar-refractivity contribution in [1.29, 1.82) is 0 Å². The minimum atomic E-state index is -3.64. The van der Waals surface area contributed by atoms with Crippen LogP contribution < -0.4 is 0 Å². The van der Waals surface area contributed by atoms with Crippen LogP contribution in [0.1, 0.15) is 5.56 Å². The van der Waals surface area contributed by atoms with Gasteiger partial charge in [-0.3, -0.25) is 5.10 Å². The molecule has 0 radical (unpaired) electrons. The molecule has 0 saturated heterocycles. The number of aromatic nitrogens is 2. The number of H-pyrrole nitrogens is 1. The molecule has 0 aliphatic rings. The van der Waals surface area contributed by atoms with Gasteiger partial charge in [0.15, 0.2) is 0 Å². The Morgan fingerprint density at radius 2 is 2.00 bits per heavy atom. The summed E-state index contributed by atoms with van der Waals surface area (Å²) in [4.78, 5) is 0.0943. The molecule has 0 aliphatic heterocycles. The number of hydrogen-bond donors (Lipinski definition) is 2.